The van der Waals surface area contributed by atoms with E-state index in [2.05, 4.69) is 37.9 Å². The third-order valence-corrected chi connectivity index (χ3v) is 4.63. The van der Waals surface area contributed by atoms with Gasteiger partial charge in [-0.1, -0.05) is 52.9 Å². The lowest BCUT2D eigenvalue weighted by atomic mass is 10.1. The second-order valence-electron chi connectivity index (χ2n) is 6.99. The van der Waals surface area contributed by atoms with Gasteiger partial charge in [0.15, 0.2) is 0 Å². The predicted octanol–water partition coefficient (Wildman–Crippen LogP) is 6.52. The normalized spacial score (nSPS) is 12.0. The van der Waals surface area contributed by atoms with Crippen molar-refractivity contribution in [3.63, 3.8) is 0 Å². The standard InChI is InChI=1S/C23H33NO2/c1-4-6-7-8-9-16-25-21-12-10-20(11-13-21)23-15-14-22(17-24-23)26-18-19(3)5-2/h10-15,17,19H,4-9,16,18H2,1-3H3. The Morgan fingerprint density at radius 3 is 2.23 bits per heavy atom. The number of aromatic nitrogens is 1. The van der Waals surface area contributed by atoms with Crippen molar-refractivity contribution in [2.75, 3.05) is 13.2 Å². The summed E-state index contributed by atoms with van der Waals surface area (Å²) in [6.45, 7) is 8.14. The fraction of sp³-hybridized carbons (Fsp3) is 0.522. The summed E-state index contributed by atoms with van der Waals surface area (Å²) in [7, 11) is 0. The number of unbranched alkanes of at least 4 members (excludes halogenated alkanes) is 4. The van der Waals surface area contributed by atoms with Crippen molar-refractivity contribution in [3.8, 4) is 22.8 Å². The van der Waals surface area contributed by atoms with Crippen LogP contribution in [0, 0.1) is 5.92 Å². The molecule has 0 aliphatic heterocycles. The van der Waals surface area contributed by atoms with E-state index >= 15 is 0 Å². The van der Waals surface area contributed by atoms with Gasteiger partial charge in [0.1, 0.15) is 11.5 Å². The molecule has 2 aromatic rings. The predicted molar refractivity (Wildman–Crippen MR) is 109 cm³/mol. The van der Waals surface area contributed by atoms with Crippen LogP contribution < -0.4 is 9.47 Å². The molecule has 1 unspecified atom stereocenters. The second-order valence-corrected chi connectivity index (χ2v) is 6.99. The molecule has 0 aliphatic carbocycles. The van der Waals surface area contributed by atoms with E-state index in [1.54, 1.807) is 6.20 Å². The summed E-state index contributed by atoms with van der Waals surface area (Å²) in [5, 5.41) is 0. The van der Waals surface area contributed by atoms with E-state index < -0.39 is 0 Å². The number of hydrogen-bond acceptors (Lipinski definition) is 3. The largest absolute Gasteiger partial charge is 0.494 e. The number of ether oxygens (including phenoxy) is 2. The van der Waals surface area contributed by atoms with Gasteiger partial charge in [-0.3, -0.25) is 4.98 Å². The molecule has 0 amide bonds. The lowest BCUT2D eigenvalue weighted by molar-refractivity contribution is 0.256. The molecule has 1 aromatic heterocycles. The average Bonchev–Trinajstić information content (AvgIpc) is 2.69. The number of benzene rings is 1. The zero-order chi connectivity index (χ0) is 18.6. The maximum atomic E-state index is 5.82. The van der Waals surface area contributed by atoms with E-state index in [1.165, 1.54) is 25.7 Å². The molecule has 0 saturated carbocycles. The number of hydrogen-bond donors (Lipinski definition) is 0. The lowest BCUT2D eigenvalue weighted by Gasteiger charge is -2.11. The summed E-state index contributed by atoms with van der Waals surface area (Å²) >= 11 is 0. The van der Waals surface area contributed by atoms with E-state index in [9.17, 15) is 0 Å². The van der Waals surface area contributed by atoms with Gasteiger partial charge in [0.2, 0.25) is 0 Å². The molecule has 0 radical (unpaired) electrons. The molecule has 3 heteroatoms. The summed E-state index contributed by atoms with van der Waals surface area (Å²) in [4.78, 5) is 4.52. The van der Waals surface area contributed by atoms with Crippen LogP contribution in [0.1, 0.15) is 59.3 Å². The van der Waals surface area contributed by atoms with Gasteiger partial charge in [0, 0.05) is 5.56 Å². The van der Waals surface area contributed by atoms with Gasteiger partial charge in [-0.2, -0.15) is 0 Å². The van der Waals surface area contributed by atoms with Crippen molar-refractivity contribution in [1.29, 1.82) is 0 Å². The molecule has 2 rings (SSSR count). The molecule has 26 heavy (non-hydrogen) atoms. The molecule has 0 fully saturated rings. The number of rotatable bonds is 12. The Morgan fingerprint density at radius 1 is 0.846 bits per heavy atom. The molecular formula is C23H33NO2. The molecule has 3 nitrogen and oxygen atoms in total. The Balaban J connectivity index is 1.80. The SMILES string of the molecule is CCCCCCCOc1ccc(-c2ccc(OCC(C)CC)cn2)cc1. The third kappa shape index (κ3) is 7.07. The van der Waals surface area contributed by atoms with Crippen LogP contribution in [-0.2, 0) is 0 Å². The first-order valence-corrected chi connectivity index (χ1v) is 10.0. The van der Waals surface area contributed by atoms with Crippen molar-refractivity contribution in [2.45, 2.75) is 59.3 Å². The van der Waals surface area contributed by atoms with Crippen LogP contribution in [-0.4, -0.2) is 18.2 Å². The molecular weight excluding hydrogens is 322 g/mol. The van der Waals surface area contributed by atoms with Crippen LogP contribution in [0.2, 0.25) is 0 Å². The zero-order valence-electron chi connectivity index (χ0n) is 16.5. The number of nitrogens with zero attached hydrogens (tertiary/aromatic N) is 1. The Hall–Kier alpha value is -2.03. The Labute approximate surface area is 158 Å². The quantitative estimate of drug-likeness (QED) is 0.406. The highest BCUT2D eigenvalue weighted by Gasteiger charge is 2.03. The van der Waals surface area contributed by atoms with Crippen molar-refractivity contribution in [1.82, 2.24) is 4.98 Å². The highest BCUT2D eigenvalue weighted by molar-refractivity contribution is 5.60. The summed E-state index contributed by atoms with van der Waals surface area (Å²) < 4.78 is 11.6. The van der Waals surface area contributed by atoms with E-state index in [4.69, 9.17) is 9.47 Å². The minimum Gasteiger partial charge on any atom is -0.494 e. The molecule has 1 aromatic carbocycles. The molecule has 0 bridgehead atoms. The van der Waals surface area contributed by atoms with Crippen molar-refractivity contribution in [3.05, 3.63) is 42.6 Å². The zero-order valence-corrected chi connectivity index (χ0v) is 16.5. The fourth-order valence-electron chi connectivity index (χ4n) is 2.61. The maximum Gasteiger partial charge on any atom is 0.137 e. The highest BCUT2D eigenvalue weighted by Crippen LogP contribution is 2.23. The van der Waals surface area contributed by atoms with Crippen molar-refractivity contribution in [2.24, 2.45) is 5.92 Å². The van der Waals surface area contributed by atoms with E-state index in [-0.39, 0.29) is 0 Å². The van der Waals surface area contributed by atoms with Gasteiger partial charge < -0.3 is 9.47 Å². The summed E-state index contributed by atoms with van der Waals surface area (Å²) in [5.74, 6) is 2.32. The molecule has 0 aliphatic rings. The minimum atomic E-state index is 0.564. The summed E-state index contributed by atoms with van der Waals surface area (Å²) in [6.07, 6.45) is 9.21. The second kappa shape index (κ2) is 11.6. The molecule has 0 N–H and O–H groups in total. The van der Waals surface area contributed by atoms with Crippen molar-refractivity contribution < 1.29 is 9.47 Å². The summed E-state index contributed by atoms with van der Waals surface area (Å²) in [6, 6.07) is 12.2. The molecule has 1 heterocycles. The highest BCUT2D eigenvalue weighted by atomic mass is 16.5. The van der Waals surface area contributed by atoms with Crippen LogP contribution in [0.3, 0.4) is 0 Å². The van der Waals surface area contributed by atoms with Crippen LogP contribution in [0.4, 0.5) is 0 Å². The topological polar surface area (TPSA) is 31.4 Å². The minimum absolute atomic E-state index is 0.564. The first kappa shape index (κ1) is 20.3. The van der Waals surface area contributed by atoms with Gasteiger partial charge >= 0.3 is 0 Å². The number of pyridine rings is 1. The van der Waals surface area contributed by atoms with Crippen LogP contribution in [0.25, 0.3) is 11.3 Å². The molecule has 0 saturated heterocycles. The first-order chi connectivity index (χ1) is 12.7. The average molecular weight is 356 g/mol. The van der Waals surface area contributed by atoms with Gasteiger partial charge in [-0.05, 0) is 48.7 Å². The fourth-order valence-corrected chi connectivity index (χ4v) is 2.61. The van der Waals surface area contributed by atoms with Crippen molar-refractivity contribution >= 4 is 0 Å². The molecule has 0 spiro atoms. The Morgan fingerprint density at radius 2 is 1.58 bits per heavy atom. The van der Waals surface area contributed by atoms with Gasteiger partial charge in [-0.25, -0.2) is 0 Å². The lowest BCUT2D eigenvalue weighted by Crippen LogP contribution is -2.07. The molecule has 1 atom stereocenters. The van der Waals surface area contributed by atoms with Crippen LogP contribution in [0.5, 0.6) is 11.5 Å². The van der Waals surface area contributed by atoms with Crippen LogP contribution in [0.15, 0.2) is 42.6 Å². The monoisotopic (exact) mass is 355 g/mol. The third-order valence-electron chi connectivity index (χ3n) is 4.63. The van der Waals surface area contributed by atoms with E-state index in [1.807, 2.05) is 24.3 Å². The van der Waals surface area contributed by atoms with Gasteiger partial charge in [-0.15, -0.1) is 0 Å². The Bertz CT molecular complexity index is 607. The maximum absolute atomic E-state index is 5.82. The van der Waals surface area contributed by atoms with Crippen LogP contribution >= 0.6 is 0 Å². The first-order valence-electron chi connectivity index (χ1n) is 10.0. The molecule has 142 valence electrons. The summed E-state index contributed by atoms with van der Waals surface area (Å²) in [5.41, 5.74) is 2.04. The smallest absolute Gasteiger partial charge is 0.137 e. The van der Waals surface area contributed by atoms with E-state index in [0.717, 1.165) is 48.8 Å². The van der Waals surface area contributed by atoms with Gasteiger partial charge in [0.25, 0.3) is 0 Å². The Kier molecular flexibility index (Phi) is 9.02. The van der Waals surface area contributed by atoms with E-state index in [0.29, 0.717) is 5.92 Å². The van der Waals surface area contributed by atoms with Gasteiger partial charge in [0.05, 0.1) is 25.1 Å².